The minimum Gasteiger partial charge on any atom is -0.455 e. The van der Waals surface area contributed by atoms with Crippen molar-refractivity contribution in [2.75, 3.05) is 0 Å². The Morgan fingerprint density at radius 3 is 2.61 bits per heavy atom. The van der Waals surface area contributed by atoms with Crippen LogP contribution >= 0.6 is 34.5 Å². The number of hydrogen-bond donors (Lipinski definition) is 0. The van der Waals surface area contributed by atoms with Gasteiger partial charge in [-0.05, 0) is 32.9 Å². The molecule has 2 heterocycles. The Hall–Kier alpha value is -0.840. The molecule has 0 amide bonds. The van der Waals surface area contributed by atoms with Gasteiger partial charge in [0.05, 0.1) is 4.34 Å². The second-order valence-corrected chi connectivity index (χ2v) is 6.86. The van der Waals surface area contributed by atoms with Gasteiger partial charge in [0, 0.05) is 10.1 Å². The van der Waals surface area contributed by atoms with E-state index in [2.05, 4.69) is 4.98 Å². The quantitative estimate of drug-likeness (QED) is 0.573. The van der Waals surface area contributed by atoms with Gasteiger partial charge in [-0.15, -0.1) is 11.3 Å². The molecule has 0 aromatic carbocycles. The van der Waals surface area contributed by atoms with Gasteiger partial charge in [0.1, 0.15) is 10.8 Å². The number of aromatic nitrogens is 1. The first-order chi connectivity index (χ1) is 8.26. The average Bonchev–Trinajstić information content (AvgIpc) is 2.53. The van der Waals surface area contributed by atoms with Crippen LogP contribution in [0.5, 0.6) is 0 Å². The summed E-state index contributed by atoms with van der Waals surface area (Å²) in [6.45, 7) is 5.40. The molecule has 0 aliphatic heterocycles. The van der Waals surface area contributed by atoms with Gasteiger partial charge in [0.2, 0.25) is 0 Å². The fourth-order valence-corrected chi connectivity index (χ4v) is 2.90. The fourth-order valence-electron chi connectivity index (χ4n) is 1.46. The Kier molecular flexibility index (Phi) is 3.54. The van der Waals surface area contributed by atoms with Crippen LogP contribution in [-0.4, -0.2) is 16.6 Å². The minimum atomic E-state index is -0.576. The normalized spacial score (nSPS) is 11.8. The highest BCUT2D eigenvalue weighted by atomic mass is 35.5. The molecule has 0 bridgehead atoms. The van der Waals surface area contributed by atoms with Gasteiger partial charge in [-0.1, -0.05) is 23.2 Å². The van der Waals surface area contributed by atoms with Crippen molar-refractivity contribution < 1.29 is 9.53 Å². The van der Waals surface area contributed by atoms with Crippen molar-refractivity contribution in [3.8, 4) is 0 Å². The number of fused-ring (bicyclic) bond motifs is 1. The highest BCUT2D eigenvalue weighted by molar-refractivity contribution is 7.22. The minimum absolute atomic E-state index is 0.204. The third-order valence-electron chi connectivity index (χ3n) is 2.05. The molecule has 6 heteroatoms. The topological polar surface area (TPSA) is 39.2 Å². The zero-order chi connectivity index (χ0) is 13.5. The number of esters is 1. The smallest absolute Gasteiger partial charge is 0.358 e. The molecule has 3 nitrogen and oxygen atoms in total. The van der Waals surface area contributed by atoms with E-state index in [0.717, 1.165) is 4.70 Å². The van der Waals surface area contributed by atoms with Crippen molar-refractivity contribution in [2.45, 2.75) is 26.4 Å². The highest BCUT2D eigenvalue weighted by Crippen LogP contribution is 2.33. The van der Waals surface area contributed by atoms with Crippen LogP contribution in [0.1, 0.15) is 31.3 Å². The lowest BCUT2D eigenvalue weighted by Gasteiger charge is -2.19. The largest absolute Gasteiger partial charge is 0.455 e. The standard InChI is InChI=1S/C12H11Cl2NO2S/c1-12(2,3)17-11(16)10-6-4-9(14)18-7(6)5-8(13)15-10/h4-5H,1-3H3. The summed E-state index contributed by atoms with van der Waals surface area (Å²) in [7, 11) is 0. The van der Waals surface area contributed by atoms with E-state index in [9.17, 15) is 4.79 Å². The molecule has 0 saturated carbocycles. The lowest BCUT2D eigenvalue weighted by molar-refractivity contribution is 0.00654. The Bertz CT molecular complexity index is 616. The first-order valence-electron chi connectivity index (χ1n) is 5.25. The molecular formula is C12H11Cl2NO2S. The second-order valence-electron chi connectivity index (χ2n) is 4.76. The predicted molar refractivity (Wildman–Crippen MR) is 74.8 cm³/mol. The van der Waals surface area contributed by atoms with Crippen LogP contribution in [0.3, 0.4) is 0 Å². The number of hydrogen-bond acceptors (Lipinski definition) is 4. The number of ether oxygens (including phenoxy) is 1. The van der Waals surface area contributed by atoms with Crippen LogP contribution in [0, 0.1) is 0 Å². The number of halogens is 2. The summed E-state index contributed by atoms with van der Waals surface area (Å²) in [5.74, 6) is -0.496. The summed E-state index contributed by atoms with van der Waals surface area (Å²) in [6.07, 6.45) is 0. The number of thiophene rings is 1. The van der Waals surface area contributed by atoms with E-state index in [1.165, 1.54) is 11.3 Å². The lowest BCUT2D eigenvalue weighted by Crippen LogP contribution is -2.24. The first-order valence-corrected chi connectivity index (χ1v) is 6.82. The third kappa shape index (κ3) is 2.94. The maximum Gasteiger partial charge on any atom is 0.358 e. The molecule has 0 atom stereocenters. The Morgan fingerprint density at radius 1 is 1.33 bits per heavy atom. The summed E-state index contributed by atoms with van der Waals surface area (Å²) in [4.78, 5) is 16.1. The lowest BCUT2D eigenvalue weighted by atomic mass is 10.2. The van der Waals surface area contributed by atoms with E-state index in [1.807, 2.05) is 0 Å². The highest BCUT2D eigenvalue weighted by Gasteiger charge is 2.22. The molecule has 0 N–H and O–H groups in total. The summed E-state index contributed by atoms with van der Waals surface area (Å²) in [6, 6.07) is 3.38. The van der Waals surface area contributed by atoms with Gasteiger partial charge < -0.3 is 4.74 Å². The van der Waals surface area contributed by atoms with E-state index in [4.69, 9.17) is 27.9 Å². The molecule has 0 aliphatic carbocycles. The zero-order valence-corrected chi connectivity index (χ0v) is 12.4. The molecule has 0 unspecified atom stereocenters. The van der Waals surface area contributed by atoms with Crippen molar-refractivity contribution >= 4 is 50.6 Å². The molecule has 0 saturated heterocycles. The molecule has 0 aliphatic rings. The number of pyridine rings is 1. The molecule has 2 rings (SSSR count). The van der Waals surface area contributed by atoms with Crippen LogP contribution in [0.2, 0.25) is 9.49 Å². The summed E-state index contributed by atoms with van der Waals surface area (Å²) >= 11 is 13.2. The summed E-state index contributed by atoms with van der Waals surface area (Å²) in [5.41, 5.74) is -0.372. The number of rotatable bonds is 1. The number of carbonyl (C=O) groups excluding carboxylic acids is 1. The molecule has 2 aromatic rings. The molecule has 96 valence electrons. The maximum atomic E-state index is 12.1. The molecule has 0 radical (unpaired) electrons. The molecular weight excluding hydrogens is 293 g/mol. The molecule has 2 aromatic heterocycles. The van der Waals surface area contributed by atoms with Crippen LogP contribution < -0.4 is 0 Å². The van der Waals surface area contributed by atoms with Gasteiger partial charge in [-0.3, -0.25) is 0 Å². The van der Waals surface area contributed by atoms with E-state index >= 15 is 0 Å². The van der Waals surface area contributed by atoms with Crippen LogP contribution in [0.4, 0.5) is 0 Å². The monoisotopic (exact) mass is 303 g/mol. The van der Waals surface area contributed by atoms with Gasteiger partial charge in [0.15, 0.2) is 5.69 Å². The third-order valence-corrected chi connectivity index (χ3v) is 3.45. The predicted octanol–water partition coefficient (Wildman–Crippen LogP) is 4.56. The number of carbonyl (C=O) groups is 1. The van der Waals surface area contributed by atoms with Crippen molar-refractivity contribution in [3.63, 3.8) is 0 Å². The van der Waals surface area contributed by atoms with Crippen LogP contribution in [-0.2, 0) is 4.74 Å². The summed E-state index contributed by atoms with van der Waals surface area (Å²) < 4.78 is 6.70. The Morgan fingerprint density at radius 2 is 2.00 bits per heavy atom. The van der Waals surface area contributed by atoms with Gasteiger partial charge in [-0.25, -0.2) is 9.78 Å². The average molecular weight is 304 g/mol. The summed E-state index contributed by atoms with van der Waals surface area (Å²) in [5, 5.41) is 0.922. The van der Waals surface area contributed by atoms with E-state index in [-0.39, 0.29) is 10.8 Å². The Labute approximate surface area is 119 Å². The zero-order valence-electron chi connectivity index (χ0n) is 10.1. The van der Waals surface area contributed by atoms with E-state index in [1.54, 1.807) is 32.9 Å². The first kappa shape index (κ1) is 13.6. The van der Waals surface area contributed by atoms with Crippen LogP contribution in [0.25, 0.3) is 10.1 Å². The second kappa shape index (κ2) is 4.68. The van der Waals surface area contributed by atoms with Crippen LogP contribution in [0.15, 0.2) is 12.1 Å². The van der Waals surface area contributed by atoms with Gasteiger partial charge >= 0.3 is 5.97 Å². The van der Waals surface area contributed by atoms with Crippen molar-refractivity contribution in [1.82, 2.24) is 4.98 Å². The van der Waals surface area contributed by atoms with E-state index in [0.29, 0.717) is 9.72 Å². The fraction of sp³-hybridized carbons (Fsp3) is 0.333. The van der Waals surface area contributed by atoms with Crippen molar-refractivity contribution in [2.24, 2.45) is 0 Å². The Balaban J connectivity index is 2.52. The molecule has 0 fully saturated rings. The molecule has 0 spiro atoms. The van der Waals surface area contributed by atoms with Crippen molar-refractivity contribution in [3.05, 3.63) is 27.3 Å². The van der Waals surface area contributed by atoms with Crippen molar-refractivity contribution in [1.29, 1.82) is 0 Å². The number of nitrogens with zero attached hydrogens (tertiary/aromatic N) is 1. The maximum absolute atomic E-state index is 12.1. The van der Waals surface area contributed by atoms with Gasteiger partial charge in [-0.2, -0.15) is 0 Å². The SMILES string of the molecule is CC(C)(C)OC(=O)c1nc(Cl)cc2sc(Cl)cc12. The van der Waals surface area contributed by atoms with E-state index < -0.39 is 11.6 Å². The van der Waals surface area contributed by atoms with Gasteiger partial charge in [0.25, 0.3) is 0 Å². The molecule has 18 heavy (non-hydrogen) atoms.